The molecule has 1 unspecified atom stereocenters. The first kappa shape index (κ1) is 17.7. The van der Waals surface area contributed by atoms with Crippen molar-refractivity contribution in [1.29, 1.82) is 0 Å². The van der Waals surface area contributed by atoms with Crippen molar-refractivity contribution in [3.05, 3.63) is 28.7 Å². The molecular formula is C18H25NO3S. The number of carbonyl (C=O) groups is 2. The lowest BCUT2D eigenvalue weighted by molar-refractivity contribution is -0.116. The molecule has 0 spiro atoms. The summed E-state index contributed by atoms with van der Waals surface area (Å²) in [5.41, 5.74) is 1.66. The normalized spacial score (nSPS) is 16.5. The van der Waals surface area contributed by atoms with Gasteiger partial charge in [0.15, 0.2) is 0 Å². The largest absolute Gasteiger partial charge is 0.462 e. The van der Waals surface area contributed by atoms with Gasteiger partial charge in [0.05, 0.1) is 12.2 Å². The van der Waals surface area contributed by atoms with Gasteiger partial charge in [-0.2, -0.15) is 0 Å². The molecule has 5 heteroatoms. The maximum absolute atomic E-state index is 12.4. The fourth-order valence-electron chi connectivity index (χ4n) is 2.93. The van der Waals surface area contributed by atoms with Crippen molar-refractivity contribution >= 4 is 28.2 Å². The number of thiophene rings is 1. The van der Waals surface area contributed by atoms with Crippen molar-refractivity contribution in [2.24, 2.45) is 5.92 Å². The van der Waals surface area contributed by atoms with Crippen LogP contribution in [0.25, 0.3) is 0 Å². The van der Waals surface area contributed by atoms with Crippen molar-refractivity contribution in [2.75, 3.05) is 11.9 Å². The summed E-state index contributed by atoms with van der Waals surface area (Å²) in [5.74, 6) is 0.264. The fourth-order valence-corrected chi connectivity index (χ4v) is 4.30. The molecule has 0 fully saturated rings. The highest BCUT2D eigenvalue weighted by molar-refractivity contribution is 7.17. The Morgan fingerprint density at radius 3 is 2.87 bits per heavy atom. The van der Waals surface area contributed by atoms with Gasteiger partial charge in [-0.05, 0) is 44.1 Å². The second-order valence-electron chi connectivity index (χ2n) is 5.82. The molecule has 1 aromatic rings. The minimum absolute atomic E-state index is 0.0823. The molecule has 0 aliphatic heterocycles. The number of rotatable bonds is 7. The van der Waals surface area contributed by atoms with Gasteiger partial charge in [0.1, 0.15) is 5.00 Å². The molecule has 1 heterocycles. The zero-order valence-electron chi connectivity index (χ0n) is 13.9. The predicted molar refractivity (Wildman–Crippen MR) is 94.1 cm³/mol. The van der Waals surface area contributed by atoms with E-state index in [1.807, 2.05) is 0 Å². The number of amides is 1. The maximum Gasteiger partial charge on any atom is 0.341 e. The Bertz CT molecular complexity index is 591. The van der Waals surface area contributed by atoms with Crippen LogP contribution in [-0.4, -0.2) is 18.5 Å². The number of nitrogens with one attached hydrogen (secondary N) is 1. The van der Waals surface area contributed by atoms with Gasteiger partial charge in [0.2, 0.25) is 5.91 Å². The summed E-state index contributed by atoms with van der Waals surface area (Å²) in [4.78, 5) is 25.6. The summed E-state index contributed by atoms with van der Waals surface area (Å²) >= 11 is 1.54. The summed E-state index contributed by atoms with van der Waals surface area (Å²) in [6.07, 6.45) is 6.85. The molecule has 23 heavy (non-hydrogen) atoms. The Kier molecular flexibility index (Phi) is 6.39. The van der Waals surface area contributed by atoms with Gasteiger partial charge in [-0.25, -0.2) is 4.79 Å². The van der Waals surface area contributed by atoms with Crippen LogP contribution in [0.1, 0.15) is 60.3 Å². The van der Waals surface area contributed by atoms with Gasteiger partial charge in [-0.1, -0.05) is 19.4 Å². The third kappa shape index (κ3) is 4.22. The third-order valence-electron chi connectivity index (χ3n) is 4.25. The SMILES string of the molecule is C=CCCC(=O)Nc1sc2c(c1C(=O)OCC)CCC(CC)C2. The molecule has 1 amide bonds. The Hall–Kier alpha value is -1.62. The van der Waals surface area contributed by atoms with Crippen molar-refractivity contribution < 1.29 is 14.3 Å². The van der Waals surface area contributed by atoms with E-state index in [2.05, 4.69) is 18.8 Å². The molecule has 0 saturated carbocycles. The molecule has 1 atom stereocenters. The number of carbonyl (C=O) groups excluding carboxylic acids is 2. The molecule has 0 aromatic carbocycles. The summed E-state index contributed by atoms with van der Waals surface area (Å²) in [7, 11) is 0. The first-order valence-electron chi connectivity index (χ1n) is 8.33. The van der Waals surface area contributed by atoms with E-state index in [0.717, 1.165) is 31.2 Å². The van der Waals surface area contributed by atoms with E-state index < -0.39 is 0 Å². The molecule has 4 nitrogen and oxygen atoms in total. The number of hydrogen-bond acceptors (Lipinski definition) is 4. The highest BCUT2D eigenvalue weighted by atomic mass is 32.1. The van der Waals surface area contributed by atoms with Crippen molar-refractivity contribution in [2.45, 2.75) is 52.4 Å². The monoisotopic (exact) mass is 335 g/mol. The van der Waals surface area contributed by atoms with E-state index in [1.54, 1.807) is 13.0 Å². The molecule has 1 aliphatic carbocycles. The van der Waals surface area contributed by atoms with E-state index in [4.69, 9.17) is 4.74 Å². The summed E-state index contributed by atoms with van der Waals surface area (Å²) in [5, 5.41) is 3.56. The number of fused-ring (bicyclic) bond motifs is 1. The van der Waals surface area contributed by atoms with E-state index >= 15 is 0 Å². The second-order valence-corrected chi connectivity index (χ2v) is 6.93. The highest BCUT2D eigenvalue weighted by Gasteiger charge is 2.29. The molecule has 2 rings (SSSR count). The minimum Gasteiger partial charge on any atom is -0.462 e. The van der Waals surface area contributed by atoms with Gasteiger partial charge < -0.3 is 10.1 Å². The van der Waals surface area contributed by atoms with Gasteiger partial charge >= 0.3 is 5.97 Å². The molecule has 0 saturated heterocycles. The summed E-state index contributed by atoms with van der Waals surface area (Å²) in [6, 6.07) is 0. The number of esters is 1. The average molecular weight is 335 g/mol. The van der Waals surface area contributed by atoms with Crippen LogP contribution >= 0.6 is 11.3 Å². The lowest BCUT2D eigenvalue weighted by Gasteiger charge is -2.20. The first-order valence-corrected chi connectivity index (χ1v) is 9.14. The van der Waals surface area contributed by atoms with Crippen LogP contribution in [0.3, 0.4) is 0 Å². The van der Waals surface area contributed by atoms with E-state index in [9.17, 15) is 9.59 Å². The quantitative estimate of drug-likeness (QED) is 0.595. The van der Waals surface area contributed by atoms with Crippen molar-refractivity contribution in [3.8, 4) is 0 Å². The molecule has 0 bridgehead atoms. The van der Waals surface area contributed by atoms with Crippen LogP contribution in [0.4, 0.5) is 5.00 Å². The number of ether oxygens (including phenoxy) is 1. The Balaban J connectivity index is 2.28. The maximum atomic E-state index is 12.4. The highest BCUT2D eigenvalue weighted by Crippen LogP contribution is 2.40. The lowest BCUT2D eigenvalue weighted by Crippen LogP contribution is -2.17. The Labute approximate surface area is 141 Å². The van der Waals surface area contributed by atoms with E-state index in [-0.39, 0.29) is 11.9 Å². The van der Waals surface area contributed by atoms with Crippen LogP contribution < -0.4 is 5.32 Å². The summed E-state index contributed by atoms with van der Waals surface area (Å²) in [6.45, 7) is 7.97. The second kappa shape index (κ2) is 8.29. The van der Waals surface area contributed by atoms with Gasteiger partial charge in [-0.3, -0.25) is 4.79 Å². The zero-order valence-corrected chi connectivity index (χ0v) is 14.8. The van der Waals surface area contributed by atoms with Crippen molar-refractivity contribution in [1.82, 2.24) is 0 Å². The van der Waals surface area contributed by atoms with Gasteiger partial charge in [0, 0.05) is 11.3 Å². The molecular weight excluding hydrogens is 310 g/mol. The molecule has 1 aromatic heterocycles. The number of allylic oxidation sites excluding steroid dienone is 1. The Morgan fingerprint density at radius 1 is 1.43 bits per heavy atom. The smallest absolute Gasteiger partial charge is 0.341 e. The molecule has 1 aliphatic rings. The fraction of sp³-hybridized carbons (Fsp3) is 0.556. The van der Waals surface area contributed by atoms with Crippen LogP contribution in [0.15, 0.2) is 12.7 Å². The third-order valence-corrected chi connectivity index (χ3v) is 5.42. The van der Waals surface area contributed by atoms with Crippen LogP contribution in [0.2, 0.25) is 0 Å². The average Bonchev–Trinajstić information content (AvgIpc) is 2.89. The van der Waals surface area contributed by atoms with Gasteiger partial charge in [-0.15, -0.1) is 17.9 Å². The topological polar surface area (TPSA) is 55.4 Å². The van der Waals surface area contributed by atoms with Crippen molar-refractivity contribution in [3.63, 3.8) is 0 Å². The zero-order chi connectivity index (χ0) is 16.8. The van der Waals surface area contributed by atoms with E-state index in [1.165, 1.54) is 16.2 Å². The lowest BCUT2D eigenvalue weighted by atomic mass is 9.85. The van der Waals surface area contributed by atoms with Crippen LogP contribution in [0, 0.1) is 5.92 Å². The predicted octanol–water partition coefficient (Wildman–Crippen LogP) is 4.34. The molecule has 126 valence electrons. The van der Waals surface area contributed by atoms with Crippen LogP contribution in [-0.2, 0) is 22.4 Å². The van der Waals surface area contributed by atoms with E-state index in [0.29, 0.717) is 35.9 Å². The standard InChI is InChI=1S/C18H25NO3S/c1-4-7-8-15(20)19-17-16(18(21)22-6-3)13-10-9-12(5-2)11-14(13)23-17/h4,12H,1,5-11H2,2-3H3,(H,19,20). The Morgan fingerprint density at radius 2 is 2.22 bits per heavy atom. The summed E-state index contributed by atoms with van der Waals surface area (Å²) < 4.78 is 5.21. The number of anilines is 1. The number of hydrogen-bond donors (Lipinski definition) is 1. The molecule has 0 radical (unpaired) electrons. The first-order chi connectivity index (χ1) is 11.1. The van der Waals surface area contributed by atoms with Gasteiger partial charge in [0.25, 0.3) is 0 Å². The van der Waals surface area contributed by atoms with Crippen LogP contribution in [0.5, 0.6) is 0 Å². The minimum atomic E-state index is -0.320. The molecule has 1 N–H and O–H groups in total.